The molecule has 2 unspecified atom stereocenters. The van der Waals surface area contributed by atoms with Gasteiger partial charge in [0, 0.05) is 18.2 Å². The summed E-state index contributed by atoms with van der Waals surface area (Å²) >= 11 is 5.86. The molecule has 1 aromatic rings. The van der Waals surface area contributed by atoms with Crippen LogP contribution in [0.3, 0.4) is 0 Å². The van der Waals surface area contributed by atoms with Crippen LogP contribution in [0.1, 0.15) is 37.7 Å². The van der Waals surface area contributed by atoms with E-state index in [1.807, 2.05) is 12.1 Å². The van der Waals surface area contributed by atoms with Crippen LogP contribution in [0, 0.1) is 0 Å². The second-order valence-corrected chi connectivity index (χ2v) is 5.35. The molecule has 0 aliphatic heterocycles. The summed E-state index contributed by atoms with van der Waals surface area (Å²) < 4.78 is 0. The second-order valence-electron chi connectivity index (χ2n) is 4.94. The van der Waals surface area contributed by atoms with Gasteiger partial charge in [-0.05, 0) is 18.9 Å². The van der Waals surface area contributed by atoms with Crippen LogP contribution < -0.4 is 5.32 Å². The summed E-state index contributed by atoms with van der Waals surface area (Å²) in [5, 5.41) is 23.5. The molecule has 0 spiro atoms. The van der Waals surface area contributed by atoms with Gasteiger partial charge < -0.3 is 15.5 Å². The summed E-state index contributed by atoms with van der Waals surface area (Å²) in [4.78, 5) is 0. The van der Waals surface area contributed by atoms with E-state index in [0.29, 0.717) is 11.6 Å². The van der Waals surface area contributed by atoms with E-state index in [0.717, 1.165) is 31.2 Å². The van der Waals surface area contributed by atoms with E-state index in [4.69, 9.17) is 11.6 Å². The van der Waals surface area contributed by atoms with Crippen molar-refractivity contribution in [2.24, 2.45) is 0 Å². The van der Waals surface area contributed by atoms with E-state index in [2.05, 4.69) is 5.32 Å². The molecule has 2 atom stereocenters. The molecular weight excluding hydrogens is 250 g/mol. The summed E-state index contributed by atoms with van der Waals surface area (Å²) in [6.07, 6.45) is 5.01. The fourth-order valence-electron chi connectivity index (χ4n) is 2.47. The molecule has 1 aromatic carbocycles. The maximum absolute atomic E-state index is 10.00. The van der Waals surface area contributed by atoms with E-state index in [1.54, 1.807) is 6.07 Å². The van der Waals surface area contributed by atoms with E-state index >= 15 is 0 Å². The Hall–Kier alpha value is -0.770. The highest BCUT2D eigenvalue weighted by Gasteiger charge is 2.21. The number of aliphatic hydroxyl groups excluding tert-OH is 1. The molecule has 0 bridgehead atoms. The topological polar surface area (TPSA) is 52.5 Å². The summed E-state index contributed by atoms with van der Waals surface area (Å²) in [6.45, 7) is 0.536. The van der Waals surface area contributed by atoms with Crippen LogP contribution in [0.2, 0.25) is 5.02 Å². The lowest BCUT2D eigenvalue weighted by atomic mass is 10.1. The van der Waals surface area contributed by atoms with Gasteiger partial charge in [-0.3, -0.25) is 0 Å². The molecule has 4 heteroatoms. The summed E-state index contributed by atoms with van der Waals surface area (Å²) in [5.74, 6) is 0.134. The van der Waals surface area contributed by atoms with Crippen molar-refractivity contribution in [3.05, 3.63) is 28.8 Å². The second kappa shape index (κ2) is 6.41. The van der Waals surface area contributed by atoms with Gasteiger partial charge in [-0.1, -0.05) is 43.0 Å². The molecule has 3 nitrogen and oxygen atoms in total. The third kappa shape index (κ3) is 3.37. The molecule has 18 heavy (non-hydrogen) atoms. The number of halogens is 1. The minimum atomic E-state index is -0.283. The van der Waals surface area contributed by atoms with Crippen molar-refractivity contribution in [1.29, 1.82) is 0 Å². The average Bonchev–Trinajstić information content (AvgIpc) is 2.56. The van der Waals surface area contributed by atoms with Crippen LogP contribution in [-0.4, -0.2) is 22.4 Å². The van der Waals surface area contributed by atoms with Crippen LogP contribution in [0.5, 0.6) is 5.75 Å². The number of aromatic hydroxyl groups is 1. The molecule has 2 rings (SSSR count). The molecule has 1 saturated carbocycles. The van der Waals surface area contributed by atoms with Gasteiger partial charge in [0.1, 0.15) is 5.75 Å². The predicted molar refractivity (Wildman–Crippen MR) is 72.8 cm³/mol. The summed E-state index contributed by atoms with van der Waals surface area (Å²) in [6, 6.07) is 5.45. The first-order valence-electron chi connectivity index (χ1n) is 6.56. The number of phenols is 1. The SMILES string of the molecule is Oc1c(Cl)cccc1CNC1CCCCCC1O. The molecular formula is C14H20ClNO2. The van der Waals surface area contributed by atoms with Crippen LogP contribution in [0.25, 0.3) is 0 Å². The molecule has 100 valence electrons. The Kier molecular flexibility index (Phi) is 4.87. The number of hydrogen-bond donors (Lipinski definition) is 3. The highest BCUT2D eigenvalue weighted by molar-refractivity contribution is 6.32. The molecule has 0 radical (unpaired) electrons. The lowest BCUT2D eigenvalue weighted by molar-refractivity contribution is 0.119. The van der Waals surface area contributed by atoms with Crippen molar-refractivity contribution in [2.45, 2.75) is 50.8 Å². The van der Waals surface area contributed by atoms with E-state index in [1.165, 1.54) is 6.42 Å². The maximum atomic E-state index is 10.00. The first-order chi connectivity index (χ1) is 8.68. The molecule has 1 aliphatic carbocycles. The number of benzene rings is 1. The van der Waals surface area contributed by atoms with Crippen molar-refractivity contribution in [3.8, 4) is 5.75 Å². The number of phenolic OH excluding ortho intramolecular Hbond substituents is 1. The number of nitrogens with one attached hydrogen (secondary N) is 1. The molecule has 1 aliphatic rings. The van der Waals surface area contributed by atoms with Gasteiger partial charge in [0.2, 0.25) is 0 Å². The molecule has 0 amide bonds. The number of aliphatic hydroxyl groups is 1. The van der Waals surface area contributed by atoms with E-state index in [9.17, 15) is 10.2 Å². The minimum Gasteiger partial charge on any atom is -0.506 e. The zero-order valence-corrected chi connectivity index (χ0v) is 11.2. The van der Waals surface area contributed by atoms with E-state index in [-0.39, 0.29) is 17.9 Å². The van der Waals surface area contributed by atoms with Gasteiger partial charge in [0.15, 0.2) is 0 Å². The molecule has 0 saturated heterocycles. The zero-order valence-electron chi connectivity index (χ0n) is 10.4. The van der Waals surface area contributed by atoms with Crippen molar-refractivity contribution in [2.75, 3.05) is 0 Å². The quantitative estimate of drug-likeness (QED) is 0.740. The molecule has 3 N–H and O–H groups in total. The lowest BCUT2D eigenvalue weighted by Gasteiger charge is -2.22. The highest BCUT2D eigenvalue weighted by atomic mass is 35.5. The van der Waals surface area contributed by atoms with Gasteiger partial charge in [0.25, 0.3) is 0 Å². The smallest absolute Gasteiger partial charge is 0.138 e. The average molecular weight is 270 g/mol. The standard InChI is InChI=1S/C14H20ClNO2/c15-11-6-4-5-10(14(11)18)9-16-12-7-2-1-3-8-13(12)17/h4-6,12-13,16-18H,1-3,7-9H2. The molecule has 0 heterocycles. The first-order valence-corrected chi connectivity index (χ1v) is 6.94. The largest absolute Gasteiger partial charge is 0.506 e. The number of para-hydroxylation sites is 1. The third-order valence-electron chi connectivity index (χ3n) is 3.60. The van der Waals surface area contributed by atoms with Crippen LogP contribution in [0.4, 0.5) is 0 Å². The zero-order chi connectivity index (χ0) is 13.0. The van der Waals surface area contributed by atoms with Crippen molar-refractivity contribution in [3.63, 3.8) is 0 Å². The van der Waals surface area contributed by atoms with Gasteiger partial charge in [-0.2, -0.15) is 0 Å². The molecule has 1 fully saturated rings. The Morgan fingerprint density at radius 2 is 2.00 bits per heavy atom. The Morgan fingerprint density at radius 3 is 2.83 bits per heavy atom. The number of hydrogen-bond acceptors (Lipinski definition) is 3. The lowest BCUT2D eigenvalue weighted by Crippen LogP contribution is -2.38. The summed E-state index contributed by atoms with van der Waals surface area (Å²) in [7, 11) is 0. The molecule has 0 aromatic heterocycles. The highest BCUT2D eigenvalue weighted by Crippen LogP contribution is 2.27. The maximum Gasteiger partial charge on any atom is 0.138 e. The monoisotopic (exact) mass is 269 g/mol. The van der Waals surface area contributed by atoms with Gasteiger partial charge >= 0.3 is 0 Å². The van der Waals surface area contributed by atoms with Crippen LogP contribution in [0.15, 0.2) is 18.2 Å². The Labute approximate surface area is 113 Å². The van der Waals surface area contributed by atoms with E-state index < -0.39 is 0 Å². The Balaban J connectivity index is 1.95. The first kappa shape index (κ1) is 13.7. The third-order valence-corrected chi connectivity index (χ3v) is 3.91. The van der Waals surface area contributed by atoms with Gasteiger partial charge in [-0.15, -0.1) is 0 Å². The Morgan fingerprint density at radius 1 is 1.22 bits per heavy atom. The van der Waals surface area contributed by atoms with Gasteiger partial charge in [0.05, 0.1) is 11.1 Å². The normalized spacial score (nSPS) is 24.8. The van der Waals surface area contributed by atoms with Crippen molar-refractivity contribution < 1.29 is 10.2 Å². The fourth-order valence-corrected chi connectivity index (χ4v) is 2.66. The van der Waals surface area contributed by atoms with Crippen LogP contribution >= 0.6 is 11.6 Å². The number of rotatable bonds is 3. The Bertz CT molecular complexity index is 397. The minimum absolute atomic E-state index is 0.117. The van der Waals surface area contributed by atoms with Crippen LogP contribution in [-0.2, 0) is 6.54 Å². The fraction of sp³-hybridized carbons (Fsp3) is 0.571. The predicted octanol–water partition coefficient (Wildman–Crippen LogP) is 2.83. The van der Waals surface area contributed by atoms with Crippen molar-refractivity contribution >= 4 is 11.6 Å². The van der Waals surface area contributed by atoms with Gasteiger partial charge in [-0.25, -0.2) is 0 Å². The summed E-state index contributed by atoms with van der Waals surface area (Å²) in [5.41, 5.74) is 0.777. The van der Waals surface area contributed by atoms with Crippen molar-refractivity contribution in [1.82, 2.24) is 5.32 Å².